The Morgan fingerprint density at radius 2 is 1.58 bits per heavy atom. The lowest BCUT2D eigenvalue weighted by Gasteiger charge is -2.13. The van der Waals surface area contributed by atoms with Crippen LogP contribution in [-0.2, 0) is 14.1 Å². The number of hydrogen-bond acceptors (Lipinski definition) is 7. The van der Waals surface area contributed by atoms with E-state index < -0.39 is 17.1 Å². The highest BCUT2D eigenvalue weighted by Crippen LogP contribution is 2.25. The Bertz CT molecular complexity index is 1250. The summed E-state index contributed by atoms with van der Waals surface area (Å²) in [4.78, 5) is 29.6. The normalized spacial score (nSPS) is 11.5. The van der Waals surface area contributed by atoms with Gasteiger partial charge in [-0.15, -0.1) is 11.8 Å². The molecule has 0 aliphatic heterocycles. The van der Waals surface area contributed by atoms with Gasteiger partial charge in [0.15, 0.2) is 0 Å². The largest absolute Gasteiger partial charge is 0.494 e. The molecule has 0 spiro atoms. The lowest BCUT2D eigenvalue weighted by atomic mass is 10.2. The van der Waals surface area contributed by atoms with E-state index in [0.29, 0.717) is 35.4 Å². The van der Waals surface area contributed by atoms with Crippen molar-refractivity contribution in [2.45, 2.75) is 13.8 Å². The van der Waals surface area contributed by atoms with E-state index in [1.54, 1.807) is 24.3 Å². The van der Waals surface area contributed by atoms with Crippen LogP contribution in [0, 0.1) is 6.92 Å². The van der Waals surface area contributed by atoms with Gasteiger partial charge in [-0.05, 0) is 50.2 Å². The predicted octanol–water partition coefficient (Wildman–Crippen LogP) is 3.39. The molecule has 0 aliphatic carbocycles. The van der Waals surface area contributed by atoms with E-state index in [9.17, 15) is 14.7 Å². The number of aliphatic imine (C=N–C) groups is 1. The highest BCUT2D eigenvalue weighted by atomic mass is 32.2. The quantitative estimate of drug-likeness (QED) is 0.309. The predicted molar refractivity (Wildman–Crippen MR) is 132 cm³/mol. The van der Waals surface area contributed by atoms with Gasteiger partial charge < -0.3 is 14.6 Å². The molecular formula is C24H27N3O5S. The summed E-state index contributed by atoms with van der Waals surface area (Å²) in [5.74, 6) is 1.49. The summed E-state index contributed by atoms with van der Waals surface area (Å²) in [6, 6.07) is 14.8. The summed E-state index contributed by atoms with van der Waals surface area (Å²) in [5, 5.41) is 10.9. The summed E-state index contributed by atoms with van der Waals surface area (Å²) < 4.78 is 13.2. The van der Waals surface area contributed by atoms with Crippen LogP contribution in [0.2, 0.25) is 0 Å². The number of aryl methyl sites for hydroxylation is 1. The fourth-order valence-corrected chi connectivity index (χ4v) is 3.87. The zero-order valence-electron chi connectivity index (χ0n) is 19.1. The number of thioether (sulfide) groups is 1. The van der Waals surface area contributed by atoms with Gasteiger partial charge in [0.25, 0.3) is 5.56 Å². The van der Waals surface area contributed by atoms with Crippen LogP contribution in [0.3, 0.4) is 0 Å². The Labute approximate surface area is 196 Å². The van der Waals surface area contributed by atoms with Gasteiger partial charge in [0.05, 0.1) is 18.9 Å². The average molecular weight is 470 g/mol. The molecule has 0 aliphatic rings. The third-order valence-corrected chi connectivity index (χ3v) is 5.78. The SMILES string of the molecule is CCOc1ccc(N=C(SCCOc2ccc(C)cc2)c2c(O)n(C)c(=O)n(C)c2=O)cc1. The molecule has 8 nitrogen and oxygen atoms in total. The van der Waals surface area contributed by atoms with E-state index in [4.69, 9.17) is 9.47 Å². The standard InChI is InChI=1S/C24H27N3O5S/c1-5-31-18-12-8-17(9-13-18)25-21(20-22(28)26(3)24(30)27(4)23(20)29)33-15-14-32-19-10-6-16(2)7-11-19/h6-13,28H,5,14-15H2,1-4H3. The smallest absolute Gasteiger partial charge is 0.333 e. The Morgan fingerprint density at radius 1 is 0.970 bits per heavy atom. The molecule has 3 rings (SSSR count). The second-order valence-electron chi connectivity index (χ2n) is 7.26. The Hall–Kier alpha value is -3.46. The summed E-state index contributed by atoms with van der Waals surface area (Å²) >= 11 is 1.26. The van der Waals surface area contributed by atoms with Crippen LogP contribution in [0.5, 0.6) is 17.4 Å². The minimum atomic E-state index is -0.618. The van der Waals surface area contributed by atoms with E-state index in [-0.39, 0.29) is 5.56 Å². The van der Waals surface area contributed by atoms with E-state index in [1.165, 1.54) is 25.9 Å². The number of ether oxygens (including phenoxy) is 2. The summed E-state index contributed by atoms with van der Waals surface area (Å²) in [6.45, 7) is 4.82. The van der Waals surface area contributed by atoms with Crippen molar-refractivity contribution < 1.29 is 14.6 Å². The van der Waals surface area contributed by atoms with Gasteiger partial charge in [0.2, 0.25) is 5.88 Å². The van der Waals surface area contributed by atoms with Crippen LogP contribution in [-0.4, -0.2) is 38.3 Å². The monoisotopic (exact) mass is 469 g/mol. The highest BCUT2D eigenvalue weighted by molar-refractivity contribution is 8.14. The third-order valence-electron chi connectivity index (χ3n) is 4.84. The van der Waals surface area contributed by atoms with Crippen molar-refractivity contribution in [3.8, 4) is 17.4 Å². The molecule has 0 radical (unpaired) electrons. The third kappa shape index (κ3) is 5.87. The van der Waals surface area contributed by atoms with Crippen LogP contribution >= 0.6 is 11.8 Å². The molecule has 1 N–H and O–H groups in total. The van der Waals surface area contributed by atoms with Crippen molar-refractivity contribution >= 4 is 22.5 Å². The molecule has 0 bridgehead atoms. The zero-order chi connectivity index (χ0) is 24.0. The fourth-order valence-electron chi connectivity index (χ4n) is 3.01. The Kier molecular flexibility index (Phi) is 8.00. The first-order valence-corrected chi connectivity index (χ1v) is 11.4. The summed E-state index contributed by atoms with van der Waals surface area (Å²) in [5.41, 5.74) is 0.452. The number of aromatic hydroxyl groups is 1. The number of aromatic nitrogens is 2. The number of hydrogen-bond donors (Lipinski definition) is 1. The molecule has 0 unspecified atom stereocenters. The fraction of sp³-hybridized carbons (Fsp3) is 0.292. The maximum atomic E-state index is 12.9. The van der Waals surface area contributed by atoms with Crippen LogP contribution in [0.25, 0.3) is 0 Å². The highest BCUT2D eigenvalue weighted by Gasteiger charge is 2.21. The van der Waals surface area contributed by atoms with Crippen molar-refractivity contribution in [1.82, 2.24) is 9.13 Å². The molecule has 3 aromatic rings. The molecule has 0 saturated carbocycles. The van der Waals surface area contributed by atoms with Crippen molar-refractivity contribution in [2.75, 3.05) is 19.0 Å². The van der Waals surface area contributed by atoms with Crippen LogP contribution in [0.1, 0.15) is 18.1 Å². The van der Waals surface area contributed by atoms with Crippen molar-refractivity contribution in [3.63, 3.8) is 0 Å². The summed E-state index contributed by atoms with van der Waals surface area (Å²) in [7, 11) is 2.77. The van der Waals surface area contributed by atoms with E-state index >= 15 is 0 Å². The Morgan fingerprint density at radius 3 is 2.21 bits per heavy atom. The molecule has 0 saturated heterocycles. The van der Waals surface area contributed by atoms with E-state index in [2.05, 4.69) is 4.99 Å². The van der Waals surface area contributed by atoms with E-state index in [0.717, 1.165) is 20.4 Å². The van der Waals surface area contributed by atoms with Gasteiger partial charge >= 0.3 is 5.69 Å². The molecule has 9 heteroatoms. The molecule has 1 aromatic heterocycles. The topological polar surface area (TPSA) is 95.0 Å². The van der Waals surface area contributed by atoms with E-state index in [1.807, 2.05) is 38.1 Å². The Balaban J connectivity index is 1.90. The molecule has 0 fully saturated rings. The first-order valence-electron chi connectivity index (χ1n) is 10.4. The van der Waals surface area contributed by atoms with Gasteiger partial charge in [0, 0.05) is 19.8 Å². The first-order chi connectivity index (χ1) is 15.8. The van der Waals surface area contributed by atoms with Gasteiger partial charge in [-0.25, -0.2) is 9.79 Å². The van der Waals surface area contributed by atoms with Crippen LogP contribution in [0.15, 0.2) is 63.1 Å². The molecule has 1 heterocycles. The first kappa shape index (κ1) is 24.2. The maximum absolute atomic E-state index is 12.9. The number of nitrogens with zero attached hydrogens (tertiary/aromatic N) is 3. The van der Waals surface area contributed by atoms with Crippen molar-refractivity contribution in [2.24, 2.45) is 19.1 Å². The van der Waals surface area contributed by atoms with Gasteiger partial charge in [0.1, 0.15) is 22.1 Å². The van der Waals surface area contributed by atoms with Crippen molar-refractivity contribution in [3.05, 3.63) is 80.5 Å². The summed E-state index contributed by atoms with van der Waals surface area (Å²) in [6.07, 6.45) is 0. The average Bonchev–Trinajstić information content (AvgIpc) is 2.81. The maximum Gasteiger partial charge on any atom is 0.333 e. The second kappa shape index (κ2) is 10.9. The zero-order valence-corrected chi connectivity index (χ0v) is 19.9. The minimum Gasteiger partial charge on any atom is -0.494 e. The van der Waals surface area contributed by atoms with Crippen LogP contribution < -0.4 is 20.7 Å². The molecule has 33 heavy (non-hydrogen) atoms. The molecule has 0 amide bonds. The van der Waals surface area contributed by atoms with Gasteiger partial charge in [-0.3, -0.25) is 13.9 Å². The van der Waals surface area contributed by atoms with Crippen molar-refractivity contribution in [1.29, 1.82) is 0 Å². The molecule has 174 valence electrons. The molecule has 0 atom stereocenters. The van der Waals surface area contributed by atoms with Gasteiger partial charge in [-0.2, -0.15) is 0 Å². The second-order valence-corrected chi connectivity index (χ2v) is 8.34. The number of rotatable bonds is 8. The lowest BCUT2D eigenvalue weighted by molar-refractivity contribution is 0.340. The lowest BCUT2D eigenvalue weighted by Crippen LogP contribution is -2.39. The van der Waals surface area contributed by atoms with Crippen LogP contribution in [0.4, 0.5) is 5.69 Å². The molecule has 2 aromatic carbocycles. The molecular weight excluding hydrogens is 442 g/mol. The number of benzene rings is 2. The minimum absolute atomic E-state index is 0.0335. The van der Waals surface area contributed by atoms with Gasteiger partial charge in [-0.1, -0.05) is 17.7 Å².